The van der Waals surface area contributed by atoms with Gasteiger partial charge in [0.05, 0.1) is 5.69 Å². The van der Waals surface area contributed by atoms with Crippen molar-refractivity contribution in [1.29, 1.82) is 0 Å². The Bertz CT molecular complexity index is 435. The zero-order valence-electron chi connectivity index (χ0n) is 12.2. The van der Waals surface area contributed by atoms with E-state index in [1.165, 1.54) is 73.8 Å². The summed E-state index contributed by atoms with van der Waals surface area (Å²) in [7, 11) is 0. The van der Waals surface area contributed by atoms with Crippen LogP contribution in [-0.4, -0.2) is 19.1 Å². The van der Waals surface area contributed by atoms with Crippen molar-refractivity contribution < 1.29 is 0 Å². The van der Waals surface area contributed by atoms with Crippen LogP contribution in [0.2, 0.25) is 0 Å². The number of hydrogen-bond acceptors (Lipinski definition) is 2. The molecule has 0 aromatic heterocycles. The maximum Gasteiger partial charge on any atom is 0.0510 e. The van der Waals surface area contributed by atoms with Gasteiger partial charge in [-0.1, -0.05) is 25.3 Å². The molecule has 1 saturated carbocycles. The fourth-order valence-corrected chi connectivity index (χ4v) is 3.63. The Hall–Kier alpha value is -0.540. The molecular weight excluding hydrogens is 312 g/mol. The lowest BCUT2D eigenvalue weighted by Crippen LogP contribution is -2.27. The Kier molecular flexibility index (Phi) is 5.00. The largest absolute Gasteiger partial charge is 0.371 e. The van der Waals surface area contributed by atoms with Gasteiger partial charge in [0.15, 0.2) is 0 Å². The van der Waals surface area contributed by atoms with Gasteiger partial charge in [0.25, 0.3) is 0 Å². The standard InChI is InChI=1S/C17H25BrN2/c18-16-12-14(13-19-15-7-8-15)6-9-17(16)20-10-4-2-1-3-5-11-20/h6,9,12,15,19H,1-5,7-8,10-11,13H2. The van der Waals surface area contributed by atoms with Crippen LogP contribution in [0.4, 0.5) is 5.69 Å². The van der Waals surface area contributed by atoms with E-state index < -0.39 is 0 Å². The molecule has 3 rings (SSSR count). The van der Waals surface area contributed by atoms with Gasteiger partial charge in [0, 0.05) is 30.1 Å². The van der Waals surface area contributed by atoms with Crippen molar-refractivity contribution in [1.82, 2.24) is 5.32 Å². The molecule has 1 aromatic rings. The molecule has 1 heterocycles. The van der Waals surface area contributed by atoms with Crippen LogP contribution in [0.3, 0.4) is 0 Å². The maximum atomic E-state index is 3.78. The summed E-state index contributed by atoms with van der Waals surface area (Å²) in [6, 6.07) is 7.66. The third-order valence-corrected chi connectivity index (χ3v) is 5.02. The van der Waals surface area contributed by atoms with Crippen LogP contribution in [0.1, 0.15) is 50.5 Å². The van der Waals surface area contributed by atoms with Crippen molar-refractivity contribution in [2.75, 3.05) is 18.0 Å². The highest BCUT2D eigenvalue weighted by Gasteiger charge is 2.20. The summed E-state index contributed by atoms with van der Waals surface area (Å²) in [5.74, 6) is 0. The third-order valence-electron chi connectivity index (χ3n) is 4.38. The molecule has 2 fully saturated rings. The van der Waals surface area contributed by atoms with Crippen molar-refractivity contribution in [3.63, 3.8) is 0 Å². The van der Waals surface area contributed by atoms with Crippen molar-refractivity contribution >= 4 is 21.6 Å². The van der Waals surface area contributed by atoms with E-state index in [9.17, 15) is 0 Å². The van der Waals surface area contributed by atoms with Gasteiger partial charge in [-0.3, -0.25) is 0 Å². The van der Waals surface area contributed by atoms with E-state index in [2.05, 4.69) is 44.3 Å². The molecule has 0 amide bonds. The van der Waals surface area contributed by atoms with Gasteiger partial charge in [0.2, 0.25) is 0 Å². The highest BCUT2D eigenvalue weighted by molar-refractivity contribution is 9.10. The normalized spacial score (nSPS) is 20.6. The fourth-order valence-electron chi connectivity index (χ4n) is 2.95. The number of hydrogen-bond donors (Lipinski definition) is 1. The zero-order chi connectivity index (χ0) is 13.8. The Balaban J connectivity index is 1.64. The van der Waals surface area contributed by atoms with E-state index in [0.717, 1.165) is 12.6 Å². The topological polar surface area (TPSA) is 15.3 Å². The molecule has 2 nitrogen and oxygen atoms in total. The minimum absolute atomic E-state index is 0.780. The summed E-state index contributed by atoms with van der Waals surface area (Å²) in [5, 5.41) is 3.58. The van der Waals surface area contributed by atoms with E-state index in [-0.39, 0.29) is 0 Å². The highest BCUT2D eigenvalue weighted by atomic mass is 79.9. The summed E-state index contributed by atoms with van der Waals surface area (Å²) < 4.78 is 1.26. The molecule has 1 aliphatic heterocycles. The Morgan fingerprint density at radius 2 is 1.75 bits per heavy atom. The summed E-state index contributed by atoms with van der Waals surface area (Å²) >= 11 is 3.78. The number of rotatable bonds is 4. The monoisotopic (exact) mass is 336 g/mol. The van der Waals surface area contributed by atoms with Crippen molar-refractivity contribution in [2.24, 2.45) is 0 Å². The first kappa shape index (κ1) is 14.4. The second-order valence-electron chi connectivity index (χ2n) is 6.20. The van der Waals surface area contributed by atoms with Gasteiger partial charge in [0.1, 0.15) is 0 Å². The quantitative estimate of drug-likeness (QED) is 0.872. The first-order valence-electron chi connectivity index (χ1n) is 8.10. The number of halogens is 1. The first-order valence-corrected chi connectivity index (χ1v) is 8.89. The Labute approximate surface area is 131 Å². The van der Waals surface area contributed by atoms with E-state index in [1.54, 1.807) is 0 Å². The first-order chi connectivity index (χ1) is 9.83. The number of nitrogens with one attached hydrogen (secondary N) is 1. The fraction of sp³-hybridized carbons (Fsp3) is 0.647. The van der Waals surface area contributed by atoms with Crippen LogP contribution in [0.25, 0.3) is 0 Å². The third kappa shape index (κ3) is 3.98. The minimum Gasteiger partial charge on any atom is -0.371 e. The van der Waals surface area contributed by atoms with Crippen LogP contribution < -0.4 is 10.2 Å². The van der Waals surface area contributed by atoms with Gasteiger partial charge in [-0.2, -0.15) is 0 Å². The molecule has 1 N–H and O–H groups in total. The van der Waals surface area contributed by atoms with Crippen molar-refractivity contribution in [2.45, 2.75) is 57.5 Å². The molecule has 0 radical (unpaired) electrons. The van der Waals surface area contributed by atoms with Crippen molar-refractivity contribution in [3.8, 4) is 0 Å². The lowest BCUT2D eigenvalue weighted by Gasteiger charge is -2.28. The number of nitrogens with zero attached hydrogens (tertiary/aromatic N) is 1. The van der Waals surface area contributed by atoms with E-state index in [4.69, 9.17) is 0 Å². The smallest absolute Gasteiger partial charge is 0.0510 e. The van der Waals surface area contributed by atoms with E-state index >= 15 is 0 Å². The molecule has 1 aliphatic carbocycles. The average Bonchev–Trinajstić information content (AvgIpc) is 3.21. The van der Waals surface area contributed by atoms with Crippen LogP contribution in [0, 0.1) is 0 Å². The molecule has 0 spiro atoms. The highest BCUT2D eigenvalue weighted by Crippen LogP contribution is 2.29. The van der Waals surface area contributed by atoms with Crippen LogP contribution in [-0.2, 0) is 6.54 Å². The predicted octanol–water partition coefficient (Wildman–Crippen LogP) is 4.47. The molecule has 0 atom stereocenters. The van der Waals surface area contributed by atoms with E-state index in [1.807, 2.05) is 0 Å². The van der Waals surface area contributed by atoms with Crippen LogP contribution in [0.5, 0.6) is 0 Å². The molecule has 20 heavy (non-hydrogen) atoms. The lowest BCUT2D eigenvalue weighted by molar-refractivity contribution is 0.556. The Morgan fingerprint density at radius 3 is 2.40 bits per heavy atom. The molecule has 1 aromatic carbocycles. The summed E-state index contributed by atoms with van der Waals surface area (Å²) in [6.45, 7) is 3.42. The zero-order valence-corrected chi connectivity index (χ0v) is 13.8. The van der Waals surface area contributed by atoms with Gasteiger partial charge >= 0.3 is 0 Å². The predicted molar refractivity (Wildman–Crippen MR) is 89.3 cm³/mol. The van der Waals surface area contributed by atoms with Crippen molar-refractivity contribution in [3.05, 3.63) is 28.2 Å². The molecule has 1 saturated heterocycles. The summed E-state index contributed by atoms with van der Waals surface area (Å²) in [5.41, 5.74) is 2.77. The molecule has 3 heteroatoms. The Morgan fingerprint density at radius 1 is 1.05 bits per heavy atom. The number of benzene rings is 1. The van der Waals surface area contributed by atoms with Gasteiger partial charge in [-0.05, 0) is 59.3 Å². The van der Waals surface area contributed by atoms with Crippen LogP contribution >= 0.6 is 15.9 Å². The van der Waals surface area contributed by atoms with Gasteiger partial charge in [-0.25, -0.2) is 0 Å². The van der Waals surface area contributed by atoms with Crippen LogP contribution in [0.15, 0.2) is 22.7 Å². The molecule has 2 aliphatic rings. The molecule has 0 unspecified atom stereocenters. The lowest BCUT2D eigenvalue weighted by atomic mass is 10.1. The van der Waals surface area contributed by atoms with E-state index in [0.29, 0.717) is 0 Å². The van der Waals surface area contributed by atoms with Gasteiger partial charge in [-0.15, -0.1) is 0 Å². The second kappa shape index (κ2) is 6.95. The number of anilines is 1. The summed E-state index contributed by atoms with van der Waals surface area (Å²) in [4.78, 5) is 2.56. The SMILES string of the molecule is Brc1cc(CNC2CC2)ccc1N1CCCCCCC1. The molecule has 110 valence electrons. The molecular formula is C17H25BrN2. The molecule has 0 bridgehead atoms. The second-order valence-corrected chi connectivity index (χ2v) is 7.05. The average molecular weight is 337 g/mol. The minimum atomic E-state index is 0.780. The maximum absolute atomic E-state index is 3.78. The van der Waals surface area contributed by atoms with Gasteiger partial charge < -0.3 is 10.2 Å². The summed E-state index contributed by atoms with van der Waals surface area (Å²) in [6.07, 6.45) is 9.56.